The number of ether oxygens (including phenoxy) is 1. The monoisotopic (exact) mass is 437 g/mol. The smallest absolute Gasteiger partial charge is 0.251 e. The number of nitrogens with zero attached hydrogens (tertiary/aromatic N) is 1. The number of benzene rings is 1. The summed E-state index contributed by atoms with van der Waals surface area (Å²) in [4.78, 5) is 28.1. The highest BCUT2D eigenvalue weighted by atomic mass is 16.5. The summed E-state index contributed by atoms with van der Waals surface area (Å²) in [6.07, 6.45) is 4.47. The summed E-state index contributed by atoms with van der Waals surface area (Å²) in [5.74, 6) is 0.424. The molecule has 1 aromatic carbocycles. The molecule has 2 saturated heterocycles. The summed E-state index contributed by atoms with van der Waals surface area (Å²) >= 11 is 0. The maximum absolute atomic E-state index is 13.3. The van der Waals surface area contributed by atoms with Crippen LogP contribution in [0.3, 0.4) is 0 Å². The average Bonchev–Trinajstić information content (AvgIpc) is 2.72. The highest BCUT2D eigenvalue weighted by molar-refractivity contribution is 6.02. The summed E-state index contributed by atoms with van der Waals surface area (Å²) in [6, 6.07) is 4.72. The molecule has 172 valence electrons. The van der Waals surface area contributed by atoms with Crippen LogP contribution in [0.15, 0.2) is 34.9 Å². The van der Waals surface area contributed by atoms with Crippen molar-refractivity contribution >= 4 is 17.4 Å². The Balaban J connectivity index is 1.60. The molecule has 0 saturated carbocycles. The summed E-state index contributed by atoms with van der Waals surface area (Å²) in [7, 11) is 2.13. The Kier molecular flexibility index (Phi) is 6.82. The lowest BCUT2D eigenvalue weighted by molar-refractivity contribution is -0.115. The molecule has 0 unspecified atom stereocenters. The van der Waals surface area contributed by atoms with Crippen LogP contribution in [0, 0.1) is 6.92 Å². The van der Waals surface area contributed by atoms with Crippen LogP contribution in [0.5, 0.6) is 0 Å². The van der Waals surface area contributed by atoms with Crippen LogP contribution < -0.4 is 15.5 Å². The fourth-order valence-electron chi connectivity index (χ4n) is 4.94. The Hall–Kier alpha value is -2.44. The van der Waals surface area contributed by atoms with E-state index in [1.165, 1.54) is 5.56 Å². The van der Waals surface area contributed by atoms with Crippen molar-refractivity contribution in [3.05, 3.63) is 51.6 Å². The van der Waals surface area contributed by atoms with Crippen molar-refractivity contribution in [1.82, 2.24) is 10.6 Å². The van der Waals surface area contributed by atoms with Crippen molar-refractivity contribution in [2.75, 3.05) is 44.8 Å². The molecule has 6 heteroatoms. The first kappa shape index (κ1) is 22.7. The molecule has 1 aliphatic carbocycles. The molecule has 2 fully saturated rings. The number of anilines is 1. The quantitative estimate of drug-likeness (QED) is 0.715. The first-order chi connectivity index (χ1) is 15.3. The molecular formula is C26H35N3O3. The van der Waals surface area contributed by atoms with E-state index in [2.05, 4.69) is 28.6 Å². The van der Waals surface area contributed by atoms with Crippen LogP contribution in [-0.4, -0.2) is 57.6 Å². The Labute approximate surface area is 191 Å². The average molecular weight is 438 g/mol. The third-order valence-corrected chi connectivity index (χ3v) is 7.16. The minimum atomic E-state index is -0.113. The predicted octanol–water partition coefficient (Wildman–Crippen LogP) is 3.26. The lowest BCUT2D eigenvalue weighted by Crippen LogP contribution is -2.41. The van der Waals surface area contributed by atoms with E-state index in [0.29, 0.717) is 29.5 Å². The number of allylic oxidation sites excluding steroid dienone is 3. The van der Waals surface area contributed by atoms with E-state index < -0.39 is 0 Å². The fourth-order valence-corrected chi connectivity index (χ4v) is 4.94. The Morgan fingerprint density at radius 3 is 2.53 bits per heavy atom. The van der Waals surface area contributed by atoms with E-state index in [-0.39, 0.29) is 18.2 Å². The molecule has 32 heavy (non-hydrogen) atoms. The highest BCUT2D eigenvalue weighted by Crippen LogP contribution is 2.32. The SMILES string of the molecule is CC1=CC(C)=C(CNC(=O)c2cc(C3CNC3)cc(N(C)C3CCOCC3)c2C)C(=O)C1. The van der Waals surface area contributed by atoms with Gasteiger partial charge in [0.1, 0.15) is 0 Å². The van der Waals surface area contributed by atoms with E-state index in [4.69, 9.17) is 4.74 Å². The van der Waals surface area contributed by atoms with Gasteiger partial charge in [-0.1, -0.05) is 11.6 Å². The van der Waals surface area contributed by atoms with Gasteiger partial charge in [-0.2, -0.15) is 0 Å². The number of Topliss-reactive ketones (excluding diaryl/α,β-unsaturated/α-hetero) is 1. The molecule has 6 nitrogen and oxygen atoms in total. The highest BCUT2D eigenvalue weighted by Gasteiger charge is 2.27. The molecule has 0 radical (unpaired) electrons. The number of amides is 1. The van der Waals surface area contributed by atoms with Gasteiger partial charge in [0.15, 0.2) is 5.78 Å². The van der Waals surface area contributed by atoms with Crippen LogP contribution in [0.4, 0.5) is 5.69 Å². The van der Waals surface area contributed by atoms with Gasteiger partial charge in [-0.15, -0.1) is 0 Å². The maximum atomic E-state index is 13.3. The van der Waals surface area contributed by atoms with Gasteiger partial charge < -0.3 is 20.3 Å². The minimum Gasteiger partial charge on any atom is -0.381 e. The molecule has 0 bridgehead atoms. The molecule has 2 heterocycles. The first-order valence-electron chi connectivity index (χ1n) is 11.7. The summed E-state index contributed by atoms with van der Waals surface area (Å²) in [5, 5.41) is 6.37. The van der Waals surface area contributed by atoms with Gasteiger partial charge in [0.05, 0.1) is 0 Å². The van der Waals surface area contributed by atoms with Gasteiger partial charge >= 0.3 is 0 Å². The number of carbonyl (C=O) groups is 2. The van der Waals surface area contributed by atoms with E-state index in [9.17, 15) is 9.59 Å². The van der Waals surface area contributed by atoms with Gasteiger partial charge in [0.2, 0.25) is 0 Å². The van der Waals surface area contributed by atoms with Crippen molar-refractivity contribution < 1.29 is 14.3 Å². The molecule has 2 aliphatic heterocycles. The second kappa shape index (κ2) is 9.59. The normalized spacial score (nSPS) is 20.1. The lowest BCUT2D eigenvalue weighted by Gasteiger charge is -2.36. The lowest BCUT2D eigenvalue weighted by atomic mass is 9.89. The van der Waals surface area contributed by atoms with Crippen molar-refractivity contribution in [2.45, 2.75) is 52.0 Å². The molecule has 1 amide bonds. The fraction of sp³-hybridized carbons (Fsp3) is 0.538. The molecule has 0 atom stereocenters. The van der Waals surface area contributed by atoms with Crippen LogP contribution in [-0.2, 0) is 9.53 Å². The molecule has 3 aliphatic rings. The molecule has 1 aromatic rings. The van der Waals surface area contributed by atoms with Crippen molar-refractivity contribution in [1.29, 1.82) is 0 Å². The van der Waals surface area contributed by atoms with Gasteiger partial charge in [-0.3, -0.25) is 9.59 Å². The zero-order chi connectivity index (χ0) is 22.8. The van der Waals surface area contributed by atoms with Crippen molar-refractivity contribution in [2.24, 2.45) is 0 Å². The molecule has 2 N–H and O–H groups in total. The zero-order valence-electron chi connectivity index (χ0n) is 19.7. The van der Waals surface area contributed by atoms with Gasteiger partial charge in [0, 0.05) is 75.1 Å². The van der Waals surface area contributed by atoms with Gasteiger partial charge in [0.25, 0.3) is 5.91 Å². The minimum absolute atomic E-state index is 0.105. The summed E-state index contributed by atoms with van der Waals surface area (Å²) < 4.78 is 5.54. The standard InChI is InChI=1S/C26H35N3O3/c1-16-9-17(2)23(25(30)10-16)15-28-26(31)22-11-19(20-13-27-14-20)12-24(18(22)3)29(4)21-5-7-32-8-6-21/h9,11-12,20-21,27H,5-8,10,13-15H2,1-4H3,(H,28,31). The third kappa shape index (κ3) is 4.66. The van der Waals surface area contributed by atoms with Crippen molar-refractivity contribution in [3.63, 3.8) is 0 Å². The summed E-state index contributed by atoms with van der Waals surface area (Å²) in [5.41, 5.74) is 6.75. The number of nitrogens with one attached hydrogen (secondary N) is 2. The second-order valence-corrected chi connectivity index (χ2v) is 9.46. The van der Waals surface area contributed by atoms with Crippen LogP contribution in [0.1, 0.15) is 60.5 Å². The van der Waals surface area contributed by atoms with Crippen molar-refractivity contribution in [3.8, 4) is 0 Å². The van der Waals surface area contributed by atoms with Gasteiger partial charge in [-0.25, -0.2) is 0 Å². The topological polar surface area (TPSA) is 70.7 Å². The van der Waals surface area contributed by atoms with E-state index >= 15 is 0 Å². The van der Waals surface area contributed by atoms with E-state index in [1.54, 1.807) is 0 Å². The Morgan fingerprint density at radius 1 is 1.19 bits per heavy atom. The van der Waals surface area contributed by atoms with Gasteiger partial charge in [-0.05, 0) is 62.4 Å². The van der Waals surface area contributed by atoms with Crippen LogP contribution in [0.2, 0.25) is 0 Å². The largest absolute Gasteiger partial charge is 0.381 e. The Bertz CT molecular complexity index is 969. The molecule has 0 spiro atoms. The number of carbonyl (C=O) groups excluding carboxylic acids is 2. The maximum Gasteiger partial charge on any atom is 0.251 e. The molecular weight excluding hydrogens is 402 g/mol. The van der Waals surface area contributed by atoms with Crippen LogP contribution in [0.25, 0.3) is 0 Å². The van der Waals surface area contributed by atoms with E-state index in [0.717, 1.165) is 61.5 Å². The number of rotatable bonds is 6. The molecule has 0 aromatic heterocycles. The van der Waals surface area contributed by atoms with E-state index in [1.807, 2.05) is 32.9 Å². The third-order valence-electron chi connectivity index (χ3n) is 7.16. The summed E-state index contributed by atoms with van der Waals surface area (Å²) in [6.45, 7) is 9.66. The van der Waals surface area contributed by atoms with Crippen LogP contribution >= 0.6 is 0 Å². The number of ketones is 1. The second-order valence-electron chi connectivity index (χ2n) is 9.46. The Morgan fingerprint density at radius 2 is 1.91 bits per heavy atom. The predicted molar refractivity (Wildman–Crippen MR) is 127 cm³/mol. The zero-order valence-corrected chi connectivity index (χ0v) is 19.7. The first-order valence-corrected chi connectivity index (χ1v) is 11.7. The number of hydrogen-bond acceptors (Lipinski definition) is 5. The number of hydrogen-bond donors (Lipinski definition) is 2. The molecule has 4 rings (SSSR count).